The molecule has 0 unspecified atom stereocenters. The highest BCUT2D eigenvalue weighted by Crippen LogP contribution is 2.24. The average molecular weight is 244 g/mol. The topological polar surface area (TPSA) is 93.6 Å². The van der Waals surface area contributed by atoms with E-state index in [0.29, 0.717) is 5.75 Å². The van der Waals surface area contributed by atoms with Gasteiger partial charge in [0.1, 0.15) is 5.75 Å². The van der Waals surface area contributed by atoms with Gasteiger partial charge in [-0.1, -0.05) is 23.4 Å². The number of oxime groups is 1. The Balaban J connectivity index is 2.38. The molecule has 0 aliphatic rings. The van der Waals surface area contributed by atoms with Crippen molar-refractivity contribution in [1.29, 1.82) is 0 Å². The van der Waals surface area contributed by atoms with Gasteiger partial charge in [-0.2, -0.15) is 0 Å². The van der Waals surface area contributed by atoms with Crippen molar-refractivity contribution >= 4 is 5.84 Å². The van der Waals surface area contributed by atoms with Crippen molar-refractivity contribution < 1.29 is 9.94 Å². The third-order valence-corrected chi connectivity index (χ3v) is 2.32. The lowest BCUT2D eigenvalue weighted by molar-refractivity contribution is 0.318. The number of hydrogen-bond donors (Lipinski definition) is 2. The van der Waals surface area contributed by atoms with Gasteiger partial charge in [0.2, 0.25) is 5.88 Å². The van der Waals surface area contributed by atoms with Gasteiger partial charge in [-0.3, -0.25) is 0 Å². The van der Waals surface area contributed by atoms with E-state index in [4.69, 9.17) is 15.7 Å². The fourth-order valence-corrected chi connectivity index (χ4v) is 1.40. The molecule has 0 saturated carbocycles. The third-order valence-electron chi connectivity index (χ3n) is 2.32. The van der Waals surface area contributed by atoms with E-state index in [9.17, 15) is 0 Å². The van der Waals surface area contributed by atoms with E-state index in [-0.39, 0.29) is 17.4 Å². The van der Waals surface area contributed by atoms with Crippen LogP contribution in [-0.4, -0.2) is 21.0 Å². The molecule has 2 aromatic rings. The Morgan fingerprint density at radius 3 is 2.72 bits per heavy atom. The molecule has 6 heteroatoms. The molecule has 3 N–H and O–H groups in total. The molecule has 0 spiro atoms. The standard InChI is InChI=1S/C12H12N4O2/c1-8-4-2-3-5-9(8)18-12-10(11(13)16-17)14-6-7-15-12/h2-7,17H,1H3,(H2,13,16). The number of ether oxygens (including phenoxy) is 1. The first-order chi connectivity index (χ1) is 8.72. The molecule has 0 atom stereocenters. The Bertz CT molecular complexity index is 584. The van der Waals surface area contributed by atoms with Crippen molar-refractivity contribution in [1.82, 2.24) is 9.97 Å². The van der Waals surface area contributed by atoms with Crippen LogP contribution in [0.1, 0.15) is 11.3 Å². The van der Waals surface area contributed by atoms with Crippen molar-refractivity contribution in [3.8, 4) is 11.6 Å². The van der Waals surface area contributed by atoms with Gasteiger partial charge in [0.15, 0.2) is 11.5 Å². The zero-order valence-electron chi connectivity index (χ0n) is 9.74. The Labute approximate surface area is 104 Å². The second-order valence-corrected chi connectivity index (χ2v) is 3.56. The van der Waals surface area contributed by atoms with Gasteiger partial charge in [0.25, 0.3) is 0 Å². The van der Waals surface area contributed by atoms with Crippen molar-refractivity contribution in [2.24, 2.45) is 10.9 Å². The Morgan fingerprint density at radius 2 is 2.00 bits per heavy atom. The molecule has 92 valence electrons. The first-order valence-corrected chi connectivity index (χ1v) is 5.24. The molecular weight excluding hydrogens is 232 g/mol. The van der Waals surface area contributed by atoms with Crippen molar-refractivity contribution in [2.45, 2.75) is 6.92 Å². The third kappa shape index (κ3) is 2.37. The molecule has 0 aliphatic carbocycles. The highest BCUT2D eigenvalue weighted by molar-refractivity contribution is 5.97. The number of benzene rings is 1. The zero-order valence-corrected chi connectivity index (χ0v) is 9.74. The van der Waals surface area contributed by atoms with Crippen LogP contribution >= 0.6 is 0 Å². The molecule has 1 aromatic carbocycles. The number of hydrogen-bond acceptors (Lipinski definition) is 5. The summed E-state index contributed by atoms with van der Waals surface area (Å²) in [4.78, 5) is 8.00. The van der Waals surface area contributed by atoms with E-state index in [1.54, 1.807) is 6.07 Å². The van der Waals surface area contributed by atoms with Gasteiger partial charge in [-0.15, -0.1) is 0 Å². The average Bonchev–Trinajstić information content (AvgIpc) is 2.41. The van der Waals surface area contributed by atoms with Crippen LogP contribution in [0.3, 0.4) is 0 Å². The number of amidine groups is 1. The minimum absolute atomic E-state index is 0.147. The number of rotatable bonds is 3. The molecule has 6 nitrogen and oxygen atoms in total. The molecule has 0 radical (unpaired) electrons. The fourth-order valence-electron chi connectivity index (χ4n) is 1.40. The summed E-state index contributed by atoms with van der Waals surface area (Å²) < 4.78 is 5.62. The number of aromatic nitrogens is 2. The van der Waals surface area contributed by atoms with Gasteiger partial charge in [-0.05, 0) is 18.6 Å². The number of aryl methyl sites for hydroxylation is 1. The predicted octanol–water partition coefficient (Wildman–Crippen LogP) is 1.67. The minimum Gasteiger partial charge on any atom is -0.437 e. The molecule has 0 bridgehead atoms. The Hall–Kier alpha value is -2.63. The predicted molar refractivity (Wildman–Crippen MR) is 65.8 cm³/mol. The SMILES string of the molecule is Cc1ccccc1Oc1nccnc1C(N)=NO. The summed E-state index contributed by atoms with van der Waals surface area (Å²) in [5, 5.41) is 11.6. The maximum Gasteiger partial charge on any atom is 0.249 e. The van der Waals surface area contributed by atoms with Crippen LogP contribution in [0.5, 0.6) is 11.6 Å². The normalized spacial score (nSPS) is 11.3. The molecule has 0 amide bonds. The maximum atomic E-state index is 8.67. The summed E-state index contributed by atoms with van der Waals surface area (Å²) in [7, 11) is 0. The highest BCUT2D eigenvalue weighted by Gasteiger charge is 2.12. The summed E-state index contributed by atoms with van der Waals surface area (Å²) in [6, 6.07) is 7.47. The monoisotopic (exact) mass is 244 g/mol. The van der Waals surface area contributed by atoms with Crippen molar-refractivity contribution in [2.75, 3.05) is 0 Å². The molecule has 1 heterocycles. The van der Waals surface area contributed by atoms with E-state index < -0.39 is 0 Å². The summed E-state index contributed by atoms with van der Waals surface area (Å²) in [5.74, 6) is 0.693. The Kier molecular flexibility index (Phi) is 3.38. The summed E-state index contributed by atoms with van der Waals surface area (Å²) in [6.07, 6.45) is 2.92. The lowest BCUT2D eigenvalue weighted by atomic mass is 10.2. The van der Waals surface area contributed by atoms with E-state index in [1.165, 1.54) is 12.4 Å². The molecule has 0 fully saturated rings. The van der Waals surface area contributed by atoms with E-state index in [1.807, 2.05) is 25.1 Å². The van der Waals surface area contributed by atoms with Crippen LogP contribution < -0.4 is 10.5 Å². The lowest BCUT2D eigenvalue weighted by Crippen LogP contribution is -2.16. The van der Waals surface area contributed by atoms with Crippen LogP contribution in [0.2, 0.25) is 0 Å². The van der Waals surface area contributed by atoms with E-state index in [0.717, 1.165) is 5.56 Å². The summed E-state index contributed by atoms with van der Waals surface area (Å²) >= 11 is 0. The number of nitrogens with two attached hydrogens (primary N) is 1. The second-order valence-electron chi connectivity index (χ2n) is 3.56. The van der Waals surface area contributed by atoms with Crippen molar-refractivity contribution in [3.63, 3.8) is 0 Å². The van der Waals surface area contributed by atoms with Gasteiger partial charge >= 0.3 is 0 Å². The largest absolute Gasteiger partial charge is 0.437 e. The molecular formula is C12H12N4O2. The van der Waals surface area contributed by atoms with E-state index in [2.05, 4.69) is 15.1 Å². The van der Waals surface area contributed by atoms with Gasteiger partial charge < -0.3 is 15.7 Å². The number of nitrogens with zero attached hydrogens (tertiary/aromatic N) is 3. The smallest absolute Gasteiger partial charge is 0.249 e. The van der Waals surface area contributed by atoms with Crippen LogP contribution in [0.4, 0.5) is 0 Å². The molecule has 1 aromatic heterocycles. The minimum atomic E-state index is -0.147. The zero-order chi connectivity index (χ0) is 13.0. The maximum absolute atomic E-state index is 8.67. The molecule has 2 rings (SSSR count). The van der Waals surface area contributed by atoms with Crippen LogP contribution in [0.25, 0.3) is 0 Å². The summed E-state index contributed by atoms with van der Waals surface area (Å²) in [5.41, 5.74) is 6.65. The molecule has 18 heavy (non-hydrogen) atoms. The highest BCUT2D eigenvalue weighted by atomic mass is 16.5. The fraction of sp³-hybridized carbons (Fsp3) is 0.0833. The van der Waals surface area contributed by atoms with E-state index >= 15 is 0 Å². The van der Waals surface area contributed by atoms with Gasteiger partial charge in [-0.25, -0.2) is 9.97 Å². The van der Waals surface area contributed by atoms with Gasteiger partial charge in [0.05, 0.1) is 0 Å². The first kappa shape index (κ1) is 11.8. The van der Waals surface area contributed by atoms with Gasteiger partial charge in [0, 0.05) is 12.4 Å². The quantitative estimate of drug-likeness (QED) is 0.371. The lowest BCUT2D eigenvalue weighted by Gasteiger charge is -2.09. The van der Waals surface area contributed by atoms with Crippen LogP contribution in [0.15, 0.2) is 41.8 Å². The molecule has 0 saturated heterocycles. The Morgan fingerprint density at radius 1 is 1.28 bits per heavy atom. The second kappa shape index (κ2) is 5.13. The van der Waals surface area contributed by atoms with Crippen LogP contribution in [-0.2, 0) is 0 Å². The van der Waals surface area contributed by atoms with Crippen LogP contribution in [0, 0.1) is 6.92 Å². The summed E-state index contributed by atoms with van der Waals surface area (Å²) in [6.45, 7) is 1.91. The van der Waals surface area contributed by atoms with Crippen molar-refractivity contribution in [3.05, 3.63) is 47.9 Å². The first-order valence-electron chi connectivity index (χ1n) is 5.24. The number of para-hydroxylation sites is 1. The molecule has 0 aliphatic heterocycles.